The summed E-state index contributed by atoms with van der Waals surface area (Å²) in [6.45, 7) is 7.86. The molecule has 2 aromatic heterocycles. The smallest absolute Gasteiger partial charge is 0.261 e. The number of ether oxygens (including phenoxy) is 1. The Labute approximate surface area is 334 Å². The van der Waals surface area contributed by atoms with E-state index >= 15 is 0 Å². The highest BCUT2D eigenvalue weighted by Crippen LogP contribution is 2.51. The van der Waals surface area contributed by atoms with Crippen molar-refractivity contribution in [2.45, 2.75) is 57.7 Å². The molecule has 5 aromatic rings. The van der Waals surface area contributed by atoms with Crippen LogP contribution < -0.4 is 10.4 Å². The van der Waals surface area contributed by atoms with Crippen molar-refractivity contribution in [2.24, 2.45) is 17.8 Å². The lowest BCUT2D eigenvalue weighted by Crippen LogP contribution is -2.66. The molecule has 0 spiro atoms. The zero-order chi connectivity index (χ0) is 38.9. The van der Waals surface area contributed by atoms with E-state index in [1.807, 2.05) is 60.0 Å². The van der Waals surface area contributed by atoms with E-state index in [0.717, 1.165) is 32.9 Å². The number of benzene rings is 3. The van der Waals surface area contributed by atoms with Gasteiger partial charge in [0, 0.05) is 17.0 Å². The van der Waals surface area contributed by atoms with Gasteiger partial charge in [-0.15, -0.1) is 11.3 Å². The number of aromatic nitrogens is 1. The number of carbonyl (C=O) groups is 2. The molecule has 3 aliphatic rings. The Hall–Kier alpha value is -4.93. The van der Waals surface area contributed by atoms with Gasteiger partial charge in [0.1, 0.15) is 5.75 Å². The fourth-order valence-electron chi connectivity index (χ4n) is 9.27. The summed E-state index contributed by atoms with van der Waals surface area (Å²) in [7, 11) is -2.92. The first-order valence-corrected chi connectivity index (χ1v) is 22.3. The third-order valence-electron chi connectivity index (χ3n) is 11.8. The standard InChI is InChI=1S/C47H48N2O5SSi/c1-47(2,3)56(37-17-6-4-7-18-37,38-19-8-5-9-20-38)54-30-34-28-39-44(46(52)49(45(39)51)29-36-16-13-25-55-36)40-31-53-42(43(34)40)23-22-33(41-21-10-11-24-48-41)26-32-14-12-15-35(50)27-32/h4-21,24-27,39-40,42,44,50H,22-23,28-31H2,1-3H3/b33-26-/t39-,40+,42-,44-/m1/s1. The van der Waals surface area contributed by atoms with Gasteiger partial charge < -0.3 is 14.3 Å². The summed E-state index contributed by atoms with van der Waals surface area (Å²) < 4.78 is 14.3. The number of fused-ring (bicyclic) bond motifs is 3. The van der Waals surface area contributed by atoms with Crippen molar-refractivity contribution in [3.63, 3.8) is 0 Å². The number of aromatic hydroxyl groups is 1. The Bertz CT molecular complexity index is 2200. The Kier molecular flexibility index (Phi) is 10.8. The predicted octanol–water partition coefficient (Wildman–Crippen LogP) is 8.26. The monoisotopic (exact) mass is 780 g/mol. The minimum atomic E-state index is -2.92. The van der Waals surface area contributed by atoms with Crippen LogP contribution in [0.5, 0.6) is 5.75 Å². The number of hydrogen-bond donors (Lipinski definition) is 1. The van der Waals surface area contributed by atoms with E-state index < -0.39 is 20.2 Å². The van der Waals surface area contributed by atoms with Gasteiger partial charge >= 0.3 is 0 Å². The van der Waals surface area contributed by atoms with Crippen molar-refractivity contribution in [3.8, 4) is 5.75 Å². The molecule has 0 unspecified atom stereocenters. The fraction of sp³-hybridized carbons (Fsp3) is 0.298. The van der Waals surface area contributed by atoms with Gasteiger partial charge in [0.15, 0.2) is 0 Å². The summed E-state index contributed by atoms with van der Waals surface area (Å²) in [5.41, 5.74) is 4.98. The lowest BCUT2D eigenvalue weighted by molar-refractivity contribution is -0.140. The summed E-state index contributed by atoms with van der Waals surface area (Å²) in [4.78, 5) is 35.7. The third-order valence-corrected chi connectivity index (χ3v) is 17.6. The summed E-state index contributed by atoms with van der Waals surface area (Å²) >= 11 is 1.56. The van der Waals surface area contributed by atoms with Crippen LogP contribution in [0.1, 0.15) is 56.2 Å². The molecule has 0 bridgehead atoms. The molecule has 7 nitrogen and oxygen atoms in total. The highest BCUT2D eigenvalue weighted by Gasteiger charge is 2.58. The lowest BCUT2D eigenvalue weighted by Gasteiger charge is -2.44. The molecule has 2 fully saturated rings. The molecule has 2 aliphatic heterocycles. The number of thiophene rings is 1. The van der Waals surface area contributed by atoms with Gasteiger partial charge in [0.05, 0.1) is 43.4 Å². The highest BCUT2D eigenvalue weighted by atomic mass is 32.1. The molecule has 9 heteroatoms. The van der Waals surface area contributed by atoms with Gasteiger partial charge in [0.25, 0.3) is 8.32 Å². The molecule has 0 radical (unpaired) electrons. The minimum Gasteiger partial charge on any atom is -0.508 e. The molecule has 2 saturated heterocycles. The molecule has 2 amide bonds. The largest absolute Gasteiger partial charge is 0.508 e. The van der Waals surface area contributed by atoms with Crippen LogP contribution >= 0.6 is 11.3 Å². The van der Waals surface area contributed by atoms with Crippen LogP contribution in [0, 0.1) is 17.8 Å². The SMILES string of the molecule is CC(C)(C)[Si](OCC1=C2[C@@H](CC/C(=C/c3cccc(O)c3)c3ccccn3)OC[C@@H]2[C@@H]2C(=O)N(Cc3cccs3)C(=O)[C@@H]2C1)(c1ccccc1)c1ccccc1. The normalized spacial score (nSPS) is 21.4. The third kappa shape index (κ3) is 7.25. The number of hydrogen-bond acceptors (Lipinski definition) is 7. The van der Waals surface area contributed by atoms with Gasteiger partial charge in [0.2, 0.25) is 11.8 Å². The summed E-state index contributed by atoms with van der Waals surface area (Å²) in [6.07, 6.45) is 5.39. The number of likely N-dealkylation sites (tertiary alicyclic amines) is 1. The summed E-state index contributed by atoms with van der Waals surface area (Å²) in [6, 6.07) is 38.3. The zero-order valence-corrected chi connectivity index (χ0v) is 34.0. The van der Waals surface area contributed by atoms with E-state index in [1.165, 1.54) is 15.3 Å². The van der Waals surface area contributed by atoms with E-state index in [-0.39, 0.29) is 34.6 Å². The maximum atomic E-state index is 14.3. The van der Waals surface area contributed by atoms with Crippen molar-refractivity contribution in [1.29, 1.82) is 0 Å². The Morgan fingerprint density at radius 1 is 0.911 bits per heavy atom. The number of rotatable bonds is 12. The molecule has 4 atom stereocenters. The Morgan fingerprint density at radius 2 is 1.64 bits per heavy atom. The number of imide groups is 1. The number of pyridine rings is 1. The topological polar surface area (TPSA) is 89.0 Å². The first-order chi connectivity index (χ1) is 27.1. The quantitative estimate of drug-likeness (QED) is 0.0780. The molecular weight excluding hydrogens is 733 g/mol. The Morgan fingerprint density at radius 3 is 2.29 bits per heavy atom. The number of phenolic OH excluding ortho intramolecular Hbond substituents is 1. The number of amides is 2. The number of allylic oxidation sites excluding steroid dienone is 1. The van der Waals surface area contributed by atoms with Crippen molar-refractivity contribution in [2.75, 3.05) is 13.2 Å². The van der Waals surface area contributed by atoms with Gasteiger partial charge in [-0.2, -0.15) is 0 Å². The van der Waals surface area contributed by atoms with Gasteiger partial charge in [-0.05, 0) is 98.7 Å². The van der Waals surface area contributed by atoms with E-state index in [2.05, 4.69) is 75.4 Å². The van der Waals surface area contributed by atoms with Crippen LogP contribution in [0.25, 0.3) is 11.6 Å². The highest BCUT2D eigenvalue weighted by molar-refractivity contribution is 7.09. The van der Waals surface area contributed by atoms with E-state index in [1.54, 1.807) is 29.7 Å². The molecule has 0 saturated carbocycles. The summed E-state index contributed by atoms with van der Waals surface area (Å²) in [5.74, 6) is -1.11. The van der Waals surface area contributed by atoms with Crippen LogP contribution in [0.4, 0.5) is 0 Å². The molecule has 8 rings (SSSR count). The molecular formula is C47H48N2O5SSi. The molecule has 3 aromatic carbocycles. The van der Waals surface area contributed by atoms with E-state index in [0.29, 0.717) is 39.0 Å². The van der Waals surface area contributed by atoms with Crippen LogP contribution in [-0.2, 0) is 25.3 Å². The van der Waals surface area contributed by atoms with Crippen LogP contribution in [0.2, 0.25) is 5.04 Å². The van der Waals surface area contributed by atoms with Crippen LogP contribution in [0.15, 0.2) is 138 Å². The zero-order valence-electron chi connectivity index (χ0n) is 32.1. The van der Waals surface area contributed by atoms with Gasteiger partial charge in [-0.1, -0.05) is 106 Å². The molecule has 1 N–H and O–H groups in total. The second-order valence-corrected chi connectivity index (χ2v) is 21.5. The molecule has 56 heavy (non-hydrogen) atoms. The molecule has 286 valence electrons. The predicted molar refractivity (Wildman–Crippen MR) is 225 cm³/mol. The second kappa shape index (κ2) is 15.9. The Balaban J connectivity index is 1.18. The number of carbonyl (C=O) groups excluding carboxylic acids is 2. The van der Waals surface area contributed by atoms with Crippen molar-refractivity contribution in [3.05, 3.63) is 154 Å². The van der Waals surface area contributed by atoms with Crippen molar-refractivity contribution < 1.29 is 23.9 Å². The molecule has 4 heterocycles. The number of phenols is 1. The number of nitrogens with zero attached hydrogens (tertiary/aromatic N) is 2. The summed E-state index contributed by atoms with van der Waals surface area (Å²) in [5, 5.41) is 14.4. The minimum absolute atomic E-state index is 0.0923. The average Bonchev–Trinajstić information content (AvgIpc) is 3.94. The van der Waals surface area contributed by atoms with Crippen LogP contribution in [0.3, 0.4) is 0 Å². The van der Waals surface area contributed by atoms with Gasteiger partial charge in [-0.3, -0.25) is 19.5 Å². The van der Waals surface area contributed by atoms with E-state index in [9.17, 15) is 14.7 Å². The lowest BCUT2D eigenvalue weighted by atomic mass is 9.69. The van der Waals surface area contributed by atoms with Gasteiger partial charge in [-0.25, -0.2) is 0 Å². The van der Waals surface area contributed by atoms with Crippen molar-refractivity contribution >= 4 is 53.5 Å². The maximum Gasteiger partial charge on any atom is 0.261 e. The van der Waals surface area contributed by atoms with E-state index in [4.69, 9.17) is 14.1 Å². The first-order valence-electron chi connectivity index (χ1n) is 19.5. The van der Waals surface area contributed by atoms with Crippen LogP contribution in [-0.4, -0.2) is 54.4 Å². The fourth-order valence-corrected chi connectivity index (χ4v) is 14.5. The maximum absolute atomic E-state index is 14.3. The second-order valence-electron chi connectivity index (χ2n) is 16.1. The molecule has 1 aliphatic carbocycles. The first kappa shape index (κ1) is 38.0. The average molecular weight is 781 g/mol. The van der Waals surface area contributed by atoms with Crippen molar-refractivity contribution in [1.82, 2.24) is 9.88 Å².